The monoisotopic (exact) mass is 415 g/mol. The van der Waals surface area contributed by atoms with Crippen molar-refractivity contribution >= 4 is 52.2 Å². The number of imidazole rings is 1. The summed E-state index contributed by atoms with van der Waals surface area (Å²) in [6, 6.07) is 12.9. The molecule has 144 valence electrons. The predicted molar refractivity (Wildman–Crippen MR) is 114 cm³/mol. The van der Waals surface area contributed by atoms with Crippen molar-refractivity contribution in [1.29, 1.82) is 0 Å². The van der Waals surface area contributed by atoms with E-state index in [4.69, 9.17) is 28.6 Å². The summed E-state index contributed by atoms with van der Waals surface area (Å²) >= 11 is 11.3. The molecule has 9 heteroatoms. The number of ether oxygens (including phenoxy) is 1. The average molecular weight is 416 g/mol. The van der Waals surface area contributed by atoms with Gasteiger partial charge >= 0.3 is 0 Å². The number of thiocarbonyl (C=S) groups is 1. The van der Waals surface area contributed by atoms with E-state index in [9.17, 15) is 4.79 Å². The molecule has 0 fully saturated rings. The zero-order chi connectivity index (χ0) is 19.9. The van der Waals surface area contributed by atoms with Crippen LogP contribution in [-0.4, -0.2) is 27.0 Å². The Kier molecular flexibility index (Phi) is 6.46. The first-order chi connectivity index (χ1) is 13.6. The van der Waals surface area contributed by atoms with E-state index in [1.807, 2.05) is 55.6 Å². The largest absolute Gasteiger partial charge is 0.494 e. The van der Waals surface area contributed by atoms with Gasteiger partial charge in [0.05, 0.1) is 12.3 Å². The summed E-state index contributed by atoms with van der Waals surface area (Å²) < 4.78 is 7.17. The standard InChI is InChI=1S/C19H18ClN5O2S/c1-2-27-14-8-6-13(7-9-14)21-19(28)24-23-17(26)11-10-15-18(20)22-16-5-3-4-12-25(15)16/h3-12H,2H2,1H3,(H,23,26)(H2,21,24,28). The average Bonchev–Trinajstić information content (AvgIpc) is 3.01. The molecule has 0 unspecified atom stereocenters. The zero-order valence-corrected chi connectivity index (χ0v) is 16.6. The Bertz CT molecular complexity index is 1020. The smallest absolute Gasteiger partial charge is 0.262 e. The summed E-state index contributed by atoms with van der Waals surface area (Å²) in [7, 11) is 0. The fraction of sp³-hybridized carbons (Fsp3) is 0.105. The van der Waals surface area contributed by atoms with Crippen molar-refractivity contribution in [3.8, 4) is 5.75 Å². The van der Waals surface area contributed by atoms with E-state index >= 15 is 0 Å². The summed E-state index contributed by atoms with van der Waals surface area (Å²) in [5.41, 5.74) is 7.20. The van der Waals surface area contributed by atoms with Gasteiger partial charge in [-0.25, -0.2) is 4.98 Å². The van der Waals surface area contributed by atoms with Crippen molar-refractivity contribution in [3.05, 3.63) is 65.6 Å². The van der Waals surface area contributed by atoms with Crippen LogP contribution in [0.2, 0.25) is 5.15 Å². The maximum atomic E-state index is 12.0. The van der Waals surface area contributed by atoms with Gasteiger partial charge in [0.25, 0.3) is 5.91 Å². The number of rotatable bonds is 5. The molecule has 7 nitrogen and oxygen atoms in total. The number of amides is 1. The Morgan fingerprint density at radius 1 is 1.25 bits per heavy atom. The van der Waals surface area contributed by atoms with E-state index in [0.29, 0.717) is 23.1 Å². The van der Waals surface area contributed by atoms with Crippen molar-refractivity contribution in [2.45, 2.75) is 6.92 Å². The summed E-state index contributed by atoms with van der Waals surface area (Å²) in [5.74, 6) is 0.384. The molecule has 1 aromatic carbocycles. The van der Waals surface area contributed by atoms with Crippen molar-refractivity contribution in [1.82, 2.24) is 20.2 Å². The second-order valence-corrected chi connectivity index (χ2v) is 6.34. The number of nitrogens with zero attached hydrogens (tertiary/aromatic N) is 2. The first kappa shape index (κ1) is 19.7. The lowest BCUT2D eigenvalue weighted by molar-refractivity contribution is -0.116. The molecule has 3 aromatic rings. The first-order valence-corrected chi connectivity index (χ1v) is 9.26. The summed E-state index contributed by atoms with van der Waals surface area (Å²) in [5, 5.41) is 3.52. The van der Waals surface area contributed by atoms with Crippen molar-refractivity contribution in [2.75, 3.05) is 11.9 Å². The van der Waals surface area contributed by atoms with Gasteiger partial charge in [-0.3, -0.25) is 20.0 Å². The summed E-state index contributed by atoms with van der Waals surface area (Å²) in [6.07, 6.45) is 4.75. The Balaban J connectivity index is 1.52. The number of hydrogen-bond donors (Lipinski definition) is 3. The second kappa shape index (κ2) is 9.20. The molecule has 28 heavy (non-hydrogen) atoms. The van der Waals surface area contributed by atoms with Gasteiger partial charge < -0.3 is 10.1 Å². The quantitative estimate of drug-likeness (QED) is 0.336. The Labute approximate surface area is 172 Å². The van der Waals surface area contributed by atoms with E-state index in [1.165, 1.54) is 6.08 Å². The Morgan fingerprint density at radius 2 is 2.04 bits per heavy atom. The van der Waals surface area contributed by atoms with E-state index in [-0.39, 0.29) is 5.11 Å². The van der Waals surface area contributed by atoms with Crippen LogP contribution in [0.4, 0.5) is 5.69 Å². The number of hydrogen-bond acceptors (Lipinski definition) is 4. The molecule has 0 aliphatic heterocycles. The predicted octanol–water partition coefficient (Wildman–Crippen LogP) is 3.42. The van der Waals surface area contributed by atoms with E-state index in [0.717, 1.165) is 11.4 Å². The molecule has 0 atom stereocenters. The molecule has 0 aliphatic rings. The van der Waals surface area contributed by atoms with Gasteiger partial charge in [-0.05, 0) is 61.6 Å². The van der Waals surface area contributed by atoms with Crippen LogP contribution in [-0.2, 0) is 4.79 Å². The highest BCUT2D eigenvalue weighted by molar-refractivity contribution is 7.80. The minimum absolute atomic E-state index is 0.249. The van der Waals surface area contributed by atoms with Gasteiger partial charge in [0.1, 0.15) is 11.4 Å². The van der Waals surface area contributed by atoms with Crippen LogP contribution in [0.15, 0.2) is 54.7 Å². The fourth-order valence-corrected chi connectivity index (χ4v) is 2.82. The molecular formula is C19H18ClN5O2S. The maximum Gasteiger partial charge on any atom is 0.262 e. The molecule has 0 aliphatic carbocycles. The number of halogens is 1. The molecule has 2 heterocycles. The minimum atomic E-state index is -0.391. The second-order valence-electron chi connectivity index (χ2n) is 5.58. The number of carbonyl (C=O) groups is 1. The van der Waals surface area contributed by atoms with Gasteiger partial charge in [0, 0.05) is 18.0 Å². The van der Waals surface area contributed by atoms with Gasteiger partial charge in [-0.1, -0.05) is 17.7 Å². The topological polar surface area (TPSA) is 79.7 Å². The third kappa shape index (κ3) is 4.99. The molecule has 0 bridgehead atoms. The number of anilines is 1. The van der Waals surface area contributed by atoms with Crippen molar-refractivity contribution in [3.63, 3.8) is 0 Å². The van der Waals surface area contributed by atoms with E-state index < -0.39 is 5.91 Å². The maximum absolute atomic E-state index is 12.0. The number of fused-ring (bicyclic) bond motifs is 1. The number of nitrogens with one attached hydrogen (secondary N) is 3. The SMILES string of the molecule is CCOc1ccc(NC(=S)NNC(=O)C=Cc2c(Cl)nc3ccccn23)cc1. The van der Waals surface area contributed by atoms with E-state index in [1.54, 1.807) is 10.5 Å². The van der Waals surface area contributed by atoms with Crippen molar-refractivity contribution in [2.24, 2.45) is 0 Å². The van der Waals surface area contributed by atoms with Gasteiger partial charge in [-0.2, -0.15) is 0 Å². The van der Waals surface area contributed by atoms with Gasteiger partial charge in [0.2, 0.25) is 0 Å². The molecule has 3 N–H and O–H groups in total. The molecular weight excluding hydrogens is 398 g/mol. The summed E-state index contributed by atoms with van der Waals surface area (Å²) in [4.78, 5) is 16.2. The molecule has 0 spiro atoms. The van der Waals surface area contributed by atoms with Crippen LogP contribution in [0.25, 0.3) is 11.7 Å². The van der Waals surface area contributed by atoms with E-state index in [2.05, 4.69) is 21.2 Å². The lowest BCUT2D eigenvalue weighted by Gasteiger charge is -2.11. The van der Waals surface area contributed by atoms with Crippen LogP contribution in [0, 0.1) is 0 Å². The van der Waals surface area contributed by atoms with Crippen molar-refractivity contribution < 1.29 is 9.53 Å². The Hall–Kier alpha value is -3.10. The van der Waals surface area contributed by atoms with Crippen LogP contribution in [0.1, 0.15) is 12.6 Å². The number of carbonyl (C=O) groups excluding carboxylic acids is 1. The highest BCUT2D eigenvalue weighted by Crippen LogP contribution is 2.18. The third-order valence-electron chi connectivity index (χ3n) is 3.64. The minimum Gasteiger partial charge on any atom is -0.494 e. The highest BCUT2D eigenvalue weighted by atomic mass is 35.5. The third-order valence-corrected chi connectivity index (χ3v) is 4.12. The van der Waals surface area contributed by atoms with Gasteiger partial charge in [0.15, 0.2) is 10.3 Å². The highest BCUT2D eigenvalue weighted by Gasteiger charge is 2.07. The van der Waals surface area contributed by atoms with Crippen LogP contribution in [0.5, 0.6) is 5.75 Å². The number of aromatic nitrogens is 2. The Morgan fingerprint density at radius 3 is 2.79 bits per heavy atom. The number of pyridine rings is 1. The molecule has 0 saturated heterocycles. The molecule has 3 rings (SSSR count). The van der Waals surface area contributed by atoms with Crippen LogP contribution < -0.4 is 20.9 Å². The lowest BCUT2D eigenvalue weighted by atomic mass is 10.3. The zero-order valence-electron chi connectivity index (χ0n) is 15.0. The fourth-order valence-electron chi connectivity index (χ4n) is 2.41. The van der Waals surface area contributed by atoms with Crippen LogP contribution >= 0.6 is 23.8 Å². The summed E-state index contributed by atoms with van der Waals surface area (Å²) in [6.45, 7) is 2.53. The van der Waals surface area contributed by atoms with Crippen LogP contribution in [0.3, 0.4) is 0 Å². The lowest BCUT2D eigenvalue weighted by Crippen LogP contribution is -2.43. The number of hydrazine groups is 1. The number of benzene rings is 1. The van der Waals surface area contributed by atoms with Gasteiger partial charge in [-0.15, -0.1) is 0 Å². The normalized spacial score (nSPS) is 10.8. The molecule has 0 radical (unpaired) electrons. The molecule has 0 saturated carbocycles. The first-order valence-electron chi connectivity index (χ1n) is 8.47. The molecule has 1 amide bonds. The molecule has 2 aromatic heterocycles.